The number of ether oxygens (including phenoxy) is 1. The Bertz CT molecular complexity index is 879. The van der Waals surface area contributed by atoms with Crippen LogP contribution in [0.15, 0.2) is 22.7 Å². The molecule has 4 rings (SSSR count). The maximum Gasteiger partial charge on any atom is 0.329 e. The lowest BCUT2D eigenvalue weighted by atomic mass is 9.81. The standard InChI is InChI=1S/C20H20BrClN2O5/c1-9(24-18(26)16-10-2-3-11(6-10)17(16)19(24)27)20(28)29-8-15(25)23-14-5-4-12(21)7-13(14)22/h4-5,7,9-11,16-17H,2-3,6,8H2,1H3,(H,23,25)/t9-,10+,11+,16-,17+/m1/s1. The lowest BCUT2D eigenvalue weighted by molar-refractivity contribution is -0.159. The summed E-state index contributed by atoms with van der Waals surface area (Å²) in [6.07, 6.45) is 2.87. The van der Waals surface area contributed by atoms with Crippen molar-refractivity contribution in [2.75, 3.05) is 11.9 Å². The molecule has 0 aromatic heterocycles. The number of halogens is 2. The summed E-state index contributed by atoms with van der Waals surface area (Å²) in [5.41, 5.74) is 0.386. The Morgan fingerprint density at radius 2 is 1.86 bits per heavy atom. The zero-order valence-electron chi connectivity index (χ0n) is 15.7. The number of nitrogens with zero attached hydrogens (tertiary/aromatic N) is 1. The minimum absolute atomic E-state index is 0.246. The second-order valence-electron chi connectivity index (χ2n) is 7.89. The molecule has 1 N–H and O–H groups in total. The van der Waals surface area contributed by atoms with Crippen molar-refractivity contribution in [2.45, 2.75) is 32.2 Å². The number of benzene rings is 1. The number of esters is 1. The van der Waals surface area contributed by atoms with Gasteiger partial charge in [0.05, 0.1) is 22.5 Å². The van der Waals surface area contributed by atoms with Gasteiger partial charge in [-0.15, -0.1) is 0 Å². The predicted octanol–water partition coefficient (Wildman–Crippen LogP) is 3.00. The molecule has 0 unspecified atom stereocenters. The lowest BCUT2D eigenvalue weighted by Gasteiger charge is -2.23. The number of anilines is 1. The number of fused-ring (bicyclic) bond motifs is 5. The van der Waals surface area contributed by atoms with E-state index in [2.05, 4.69) is 21.2 Å². The maximum absolute atomic E-state index is 12.8. The summed E-state index contributed by atoms with van der Waals surface area (Å²) in [4.78, 5) is 51.1. The van der Waals surface area contributed by atoms with Gasteiger partial charge in [0.25, 0.3) is 5.91 Å². The van der Waals surface area contributed by atoms with E-state index in [0.29, 0.717) is 10.7 Å². The molecule has 3 fully saturated rings. The monoisotopic (exact) mass is 482 g/mol. The van der Waals surface area contributed by atoms with Gasteiger partial charge in [0, 0.05) is 4.47 Å². The summed E-state index contributed by atoms with van der Waals surface area (Å²) in [7, 11) is 0. The van der Waals surface area contributed by atoms with E-state index in [1.54, 1.807) is 18.2 Å². The highest BCUT2D eigenvalue weighted by Gasteiger charge is 2.62. The van der Waals surface area contributed by atoms with Crippen LogP contribution in [0, 0.1) is 23.7 Å². The summed E-state index contributed by atoms with van der Waals surface area (Å²) in [6.45, 7) is 0.925. The van der Waals surface area contributed by atoms with Crippen molar-refractivity contribution < 1.29 is 23.9 Å². The van der Waals surface area contributed by atoms with E-state index >= 15 is 0 Å². The first kappa shape index (κ1) is 20.3. The first-order chi connectivity index (χ1) is 13.8. The molecule has 154 valence electrons. The molecule has 5 atom stereocenters. The molecule has 7 nitrogen and oxygen atoms in total. The van der Waals surface area contributed by atoms with Gasteiger partial charge in [-0.3, -0.25) is 19.3 Å². The maximum atomic E-state index is 12.8. The molecule has 1 aromatic carbocycles. The summed E-state index contributed by atoms with van der Waals surface area (Å²) in [6, 6.07) is 3.90. The zero-order chi connectivity index (χ0) is 20.9. The molecule has 1 aromatic rings. The van der Waals surface area contributed by atoms with Crippen molar-refractivity contribution in [3.63, 3.8) is 0 Å². The Morgan fingerprint density at radius 1 is 1.24 bits per heavy atom. The summed E-state index contributed by atoms with van der Waals surface area (Å²) >= 11 is 9.32. The second-order valence-corrected chi connectivity index (χ2v) is 9.21. The van der Waals surface area contributed by atoms with Crippen molar-refractivity contribution in [1.82, 2.24) is 4.90 Å². The highest BCUT2D eigenvalue weighted by molar-refractivity contribution is 9.10. The van der Waals surface area contributed by atoms with Crippen LogP contribution in [0.3, 0.4) is 0 Å². The molecule has 2 aliphatic carbocycles. The quantitative estimate of drug-likeness (QED) is 0.513. The van der Waals surface area contributed by atoms with Gasteiger partial charge in [0.2, 0.25) is 11.8 Å². The average Bonchev–Trinajstić information content (AvgIpc) is 3.35. The number of amides is 3. The van der Waals surface area contributed by atoms with Gasteiger partial charge >= 0.3 is 5.97 Å². The first-order valence-electron chi connectivity index (χ1n) is 9.56. The van der Waals surface area contributed by atoms with Gasteiger partial charge < -0.3 is 10.1 Å². The molecule has 29 heavy (non-hydrogen) atoms. The van der Waals surface area contributed by atoms with Gasteiger partial charge in [-0.25, -0.2) is 4.79 Å². The van der Waals surface area contributed by atoms with E-state index in [1.165, 1.54) is 6.92 Å². The number of hydrogen-bond acceptors (Lipinski definition) is 5. The van der Waals surface area contributed by atoms with E-state index in [1.807, 2.05) is 0 Å². The number of hydrogen-bond donors (Lipinski definition) is 1. The summed E-state index contributed by atoms with van der Waals surface area (Å²) in [5, 5.41) is 2.89. The number of nitrogens with one attached hydrogen (secondary N) is 1. The van der Waals surface area contributed by atoms with E-state index in [0.717, 1.165) is 28.6 Å². The highest BCUT2D eigenvalue weighted by atomic mass is 79.9. The highest BCUT2D eigenvalue weighted by Crippen LogP contribution is 2.56. The third kappa shape index (κ3) is 3.57. The molecule has 2 saturated carbocycles. The van der Waals surface area contributed by atoms with Crippen LogP contribution < -0.4 is 5.32 Å². The largest absolute Gasteiger partial charge is 0.454 e. The van der Waals surface area contributed by atoms with Crippen LogP contribution in [0.2, 0.25) is 5.02 Å². The molecule has 1 heterocycles. The second kappa shape index (κ2) is 7.72. The minimum Gasteiger partial charge on any atom is -0.454 e. The van der Waals surface area contributed by atoms with Gasteiger partial charge in [-0.05, 0) is 56.2 Å². The Kier molecular flexibility index (Phi) is 5.42. The van der Waals surface area contributed by atoms with Crippen LogP contribution in [-0.2, 0) is 23.9 Å². The number of rotatable bonds is 5. The van der Waals surface area contributed by atoms with Crippen molar-refractivity contribution in [3.05, 3.63) is 27.7 Å². The summed E-state index contributed by atoms with van der Waals surface area (Å²) < 4.78 is 5.82. The average molecular weight is 484 g/mol. The van der Waals surface area contributed by atoms with E-state index < -0.39 is 24.5 Å². The Labute approximate surface area is 181 Å². The number of carbonyl (C=O) groups excluding carboxylic acids is 4. The van der Waals surface area contributed by atoms with E-state index in [-0.39, 0.29) is 35.5 Å². The van der Waals surface area contributed by atoms with Gasteiger partial charge in [-0.2, -0.15) is 0 Å². The van der Waals surface area contributed by atoms with Crippen LogP contribution in [0.25, 0.3) is 0 Å². The first-order valence-corrected chi connectivity index (χ1v) is 10.7. The SMILES string of the molecule is C[C@H](C(=O)OCC(=O)Nc1ccc(Br)cc1Cl)N1C(=O)[C@@H]2[C@H]3CC[C@@H](C3)[C@@H]2C1=O. The van der Waals surface area contributed by atoms with Crippen molar-refractivity contribution in [2.24, 2.45) is 23.7 Å². The molecule has 3 amide bonds. The van der Waals surface area contributed by atoms with Crippen molar-refractivity contribution in [3.8, 4) is 0 Å². The van der Waals surface area contributed by atoms with Gasteiger partial charge in [-0.1, -0.05) is 27.5 Å². The fourth-order valence-corrected chi connectivity index (χ4v) is 5.67. The minimum atomic E-state index is -1.05. The number of carbonyl (C=O) groups is 4. The Hall–Kier alpha value is -1.93. The molecule has 3 aliphatic rings. The Balaban J connectivity index is 1.34. The molecular weight excluding hydrogens is 464 g/mol. The van der Waals surface area contributed by atoms with Crippen LogP contribution in [0.4, 0.5) is 5.69 Å². The van der Waals surface area contributed by atoms with Crippen LogP contribution in [0.5, 0.6) is 0 Å². The normalized spacial score (nSPS) is 28.4. The van der Waals surface area contributed by atoms with Gasteiger partial charge in [0.15, 0.2) is 6.61 Å². The van der Waals surface area contributed by atoms with E-state index in [4.69, 9.17) is 16.3 Å². The molecule has 0 radical (unpaired) electrons. The van der Waals surface area contributed by atoms with Gasteiger partial charge in [0.1, 0.15) is 6.04 Å². The fraction of sp³-hybridized carbons (Fsp3) is 0.500. The van der Waals surface area contributed by atoms with Crippen LogP contribution in [0.1, 0.15) is 26.2 Å². The van der Waals surface area contributed by atoms with Crippen molar-refractivity contribution >= 4 is 56.9 Å². The number of likely N-dealkylation sites (tertiary alicyclic amines) is 1. The molecular formula is C20H20BrClN2O5. The Morgan fingerprint density at radius 3 is 2.45 bits per heavy atom. The summed E-state index contributed by atoms with van der Waals surface area (Å²) in [5.74, 6) is -1.99. The molecule has 1 saturated heterocycles. The lowest BCUT2D eigenvalue weighted by Crippen LogP contribution is -2.45. The van der Waals surface area contributed by atoms with Crippen LogP contribution in [-0.4, -0.2) is 41.2 Å². The zero-order valence-corrected chi connectivity index (χ0v) is 18.0. The molecule has 0 spiro atoms. The topological polar surface area (TPSA) is 92.8 Å². The smallest absolute Gasteiger partial charge is 0.329 e. The fourth-order valence-electron chi connectivity index (χ4n) is 4.95. The van der Waals surface area contributed by atoms with Crippen molar-refractivity contribution in [1.29, 1.82) is 0 Å². The third-order valence-corrected chi connectivity index (χ3v) is 7.05. The number of imide groups is 1. The molecule has 1 aliphatic heterocycles. The van der Waals surface area contributed by atoms with Crippen LogP contribution >= 0.6 is 27.5 Å². The third-order valence-electron chi connectivity index (χ3n) is 6.24. The molecule has 2 bridgehead atoms. The van der Waals surface area contributed by atoms with E-state index in [9.17, 15) is 19.2 Å². The predicted molar refractivity (Wildman–Crippen MR) is 108 cm³/mol. The molecule has 9 heteroatoms.